The molecule has 0 unspecified atom stereocenters. The third kappa shape index (κ3) is 2.71. The van der Waals surface area contributed by atoms with E-state index in [1.165, 1.54) is 34.2 Å². The monoisotopic (exact) mass is 352 g/mol. The Morgan fingerprint density at radius 3 is 2.65 bits per heavy atom. The Bertz CT molecular complexity index is 909. The molecule has 5 rings (SSSR count). The summed E-state index contributed by atoms with van der Waals surface area (Å²) in [7, 11) is 0. The summed E-state index contributed by atoms with van der Waals surface area (Å²) in [5.41, 5.74) is 8.67. The largest absolute Gasteiger partial charge is 0.321 e. The van der Waals surface area contributed by atoms with Crippen LogP contribution in [-0.4, -0.2) is 29.1 Å². The van der Waals surface area contributed by atoms with E-state index in [2.05, 4.69) is 28.1 Å². The number of halogens is 1. The molecule has 1 fully saturated rings. The molecule has 26 heavy (non-hydrogen) atoms. The van der Waals surface area contributed by atoms with E-state index in [0.717, 1.165) is 56.6 Å². The van der Waals surface area contributed by atoms with Gasteiger partial charge in [0.1, 0.15) is 6.17 Å². The summed E-state index contributed by atoms with van der Waals surface area (Å²) < 4.78 is 13.3. The molecule has 0 radical (unpaired) electrons. The van der Waals surface area contributed by atoms with Crippen molar-refractivity contribution in [2.24, 2.45) is 0 Å². The van der Waals surface area contributed by atoms with Crippen LogP contribution in [0.3, 0.4) is 0 Å². The molecule has 0 spiro atoms. The molecular weight excluding hydrogens is 327 g/mol. The molecule has 1 saturated heterocycles. The van der Waals surface area contributed by atoms with Gasteiger partial charge in [-0.15, -0.1) is 0 Å². The molecule has 0 atom stereocenters. The third-order valence-electron chi connectivity index (χ3n) is 6.38. The quantitative estimate of drug-likeness (QED) is 0.762. The van der Waals surface area contributed by atoms with Gasteiger partial charge in [-0.2, -0.15) is 0 Å². The number of piperidine rings is 1. The van der Waals surface area contributed by atoms with Crippen molar-refractivity contribution in [1.82, 2.24) is 9.88 Å². The predicted octanol–water partition coefficient (Wildman–Crippen LogP) is 3.76. The average molecular weight is 352 g/mol. The summed E-state index contributed by atoms with van der Waals surface area (Å²) in [6.45, 7) is 2.59. The minimum Gasteiger partial charge on any atom is -0.321 e. The summed E-state index contributed by atoms with van der Waals surface area (Å²) in [6, 6.07) is 6.64. The fourth-order valence-electron chi connectivity index (χ4n) is 4.97. The summed E-state index contributed by atoms with van der Waals surface area (Å²) >= 11 is 0. The number of likely N-dealkylation sites (tertiary alicyclic amines) is 1. The molecule has 1 N–H and O–H groups in total. The van der Waals surface area contributed by atoms with E-state index in [1.54, 1.807) is 0 Å². The van der Waals surface area contributed by atoms with Crippen LogP contribution in [0.2, 0.25) is 0 Å². The fraction of sp³-hybridized carbons (Fsp3) is 0.500. The molecule has 1 aliphatic heterocycles. The molecule has 136 valence electrons. The Balaban J connectivity index is 1.44. The number of fused-ring (bicyclic) bond motifs is 5. The van der Waals surface area contributed by atoms with Crippen LogP contribution in [0.5, 0.6) is 0 Å². The van der Waals surface area contributed by atoms with Gasteiger partial charge in [0.25, 0.3) is 5.56 Å². The van der Waals surface area contributed by atoms with E-state index >= 15 is 0 Å². The van der Waals surface area contributed by atoms with Gasteiger partial charge in [0, 0.05) is 37.2 Å². The average Bonchev–Trinajstić information content (AvgIpc) is 3.02. The van der Waals surface area contributed by atoms with Crippen LogP contribution in [0, 0.1) is 0 Å². The molecule has 0 bridgehead atoms. The van der Waals surface area contributed by atoms with Crippen LogP contribution in [0.1, 0.15) is 53.5 Å². The van der Waals surface area contributed by atoms with Gasteiger partial charge in [-0.25, -0.2) is 4.39 Å². The zero-order valence-corrected chi connectivity index (χ0v) is 15.1. The number of aromatic nitrogens is 1. The molecule has 0 amide bonds. The number of pyridine rings is 1. The van der Waals surface area contributed by atoms with Crippen molar-refractivity contribution in [3.8, 4) is 11.3 Å². The van der Waals surface area contributed by atoms with Crippen LogP contribution in [0.15, 0.2) is 23.0 Å². The third-order valence-corrected chi connectivity index (χ3v) is 6.38. The van der Waals surface area contributed by atoms with E-state index < -0.39 is 6.17 Å². The Morgan fingerprint density at radius 1 is 1.08 bits per heavy atom. The number of hydrogen-bond acceptors (Lipinski definition) is 2. The molecule has 1 aromatic carbocycles. The number of H-pyrrole nitrogens is 1. The Kier molecular flexibility index (Phi) is 3.96. The zero-order chi connectivity index (χ0) is 17.7. The standard InChI is InChI=1S/C22H25FN2O/c23-16-7-9-25(10-8-16)13-14-5-6-17-15(11-14)12-20-18-3-1-2-4-19(18)22(26)24-21(17)20/h5-6,11,16H,1-4,7-10,12-13H2,(H,24,26). The molecule has 0 saturated carbocycles. The predicted molar refractivity (Wildman–Crippen MR) is 101 cm³/mol. The zero-order valence-electron chi connectivity index (χ0n) is 15.1. The first-order valence-electron chi connectivity index (χ1n) is 9.94. The minimum atomic E-state index is -0.622. The Hall–Kier alpha value is -1.94. The van der Waals surface area contributed by atoms with Gasteiger partial charge in [0.05, 0.1) is 5.69 Å². The maximum absolute atomic E-state index is 13.3. The number of hydrogen-bond donors (Lipinski definition) is 1. The summed E-state index contributed by atoms with van der Waals surface area (Å²) in [5, 5.41) is 0. The second kappa shape index (κ2) is 6.34. The highest BCUT2D eigenvalue weighted by molar-refractivity contribution is 5.75. The first kappa shape index (κ1) is 16.2. The van der Waals surface area contributed by atoms with Crippen LogP contribution in [0.25, 0.3) is 11.3 Å². The highest BCUT2D eigenvalue weighted by Gasteiger charge is 2.27. The van der Waals surface area contributed by atoms with E-state index in [-0.39, 0.29) is 5.56 Å². The molecule has 3 aliphatic rings. The van der Waals surface area contributed by atoms with Crippen molar-refractivity contribution < 1.29 is 4.39 Å². The van der Waals surface area contributed by atoms with Gasteiger partial charge in [-0.05, 0) is 60.8 Å². The highest BCUT2D eigenvalue weighted by atomic mass is 19.1. The Labute approximate surface area is 153 Å². The first-order chi connectivity index (χ1) is 12.7. The number of benzene rings is 1. The maximum Gasteiger partial charge on any atom is 0.251 e. The van der Waals surface area contributed by atoms with E-state index in [1.807, 2.05) is 0 Å². The summed E-state index contributed by atoms with van der Waals surface area (Å²) in [4.78, 5) is 18.0. The van der Waals surface area contributed by atoms with Crippen molar-refractivity contribution in [3.05, 3.63) is 56.4 Å². The number of nitrogens with one attached hydrogen (secondary N) is 1. The van der Waals surface area contributed by atoms with Gasteiger partial charge in [-0.3, -0.25) is 9.69 Å². The topological polar surface area (TPSA) is 36.1 Å². The normalized spacial score (nSPS) is 19.9. The lowest BCUT2D eigenvalue weighted by atomic mass is 9.88. The van der Waals surface area contributed by atoms with E-state index in [0.29, 0.717) is 12.8 Å². The van der Waals surface area contributed by atoms with Crippen LogP contribution >= 0.6 is 0 Å². The van der Waals surface area contributed by atoms with Gasteiger partial charge in [0.2, 0.25) is 0 Å². The lowest BCUT2D eigenvalue weighted by Crippen LogP contribution is -2.33. The highest BCUT2D eigenvalue weighted by Crippen LogP contribution is 2.39. The lowest BCUT2D eigenvalue weighted by Gasteiger charge is -2.28. The van der Waals surface area contributed by atoms with E-state index in [9.17, 15) is 9.18 Å². The fourth-order valence-corrected chi connectivity index (χ4v) is 4.97. The molecule has 4 heteroatoms. The molecule has 1 aromatic heterocycles. The van der Waals surface area contributed by atoms with Crippen molar-refractivity contribution >= 4 is 0 Å². The van der Waals surface area contributed by atoms with Crippen molar-refractivity contribution in [1.29, 1.82) is 0 Å². The lowest BCUT2D eigenvalue weighted by molar-refractivity contribution is 0.145. The van der Waals surface area contributed by atoms with Crippen molar-refractivity contribution in [2.75, 3.05) is 13.1 Å². The van der Waals surface area contributed by atoms with E-state index in [4.69, 9.17) is 0 Å². The summed E-state index contributed by atoms with van der Waals surface area (Å²) in [6.07, 6.45) is 5.91. The van der Waals surface area contributed by atoms with Gasteiger partial charge in [-0.1, -0.05) is 18.2 Å². The molecule has 3 nitrogen and oxygen atoms in total. The van der Waals surface area contributed by atoms with Gasteiger partial charge in [0.15, 0.2) is 0 Å². The van der Waals surface area contributed by atoms with Crippen molar-refractivity contribution in [3.63, 3.8) is 0 Å². The number of alkyl halides is 1. The van der Waals surface area contributed by atoms with Gasteiger partial charge >= 0.3 is 0 Å². The first-order valence-corrected chi connectivity index (χ1v) is 9.94. The number of nitrogens with zero attached hydrogens (tertiary/aromatic N) is 1. The second-order valence-corrected chi connectivity index (χ2v) is 8.09. The van der Waals surface area contributed by atoms with Crippen molar-refractivity contribution in [2.45, 2.75) is 57.7 Å². The molecule has 2 aliphatic carbocycles. The molecule has 2 heterocycles. The Morgan fingerprint density at radius 2 is 1.85 bits per heavy atom. The summed E-state index contributed by atoms with van der Waals surface area (Å²) in [5.74, 6) is 0. The maximum atomic E-state index is 13.3. The molecular formula is C22H25FN2O. The second-order valence-electron chi connectivity index (χ2n) is 8.09. The molecule has 2 aromatic rings. The van der Waals surface area contributed by atoms with Gasteiger partial charge < -0.3 is 4.98 Å². The number of rotatable bonds is 2. The van der Waals surface area contributed by atoms with Crippen LogP contribution in [-0.2, 0) is 25.8 Å². The SMILES string of the molecule is O=c1[nH]c2c(c3c1CCCC3)Cc1cc(CN3CCC(F)CC3)ccc1-2. The minimum absolute atomic E-state index is 0.115. The smallest absolute Gasteiger partial charge is 0.251 e. The number of aromatic amines is 1. The van der Waals surface area contributed by atoms with Crippen LogP contribution in [0.4, 0.5) is 4.39 Å². The van der Waals surface area contributed by atoms with Crippen LogP contribution < -0.4 is 5.56 Å².